The molecule has 2 aromatic rings. The molecule has 2 rings (SSSR count). The van der Waals surface area contributed by atoms with E-state index >= 15 is 0 Å². The van der Waals surface area contributed by atoms with Crippen LogP contribution in [0.3, 0.4) is 0 Å². The molecule has 0 radical (unpaired) electrons. The van der Waals surface area contributed by atoms with E-state index in [-0.39, 0.29) is 11.6 Å². The maximum atomic E-state index is 11.6. The Morgan fingerprint density at radius 3 is 2.71 bits per heavy atom. The van der Waals surface area contributed by atoms with Crippen LogP contribution in [-0.4, -0.2) is 5.97 Å². The molecule has 0 saturated heterocycles. The second kappa shape index (κ2) is 4.51. The number of aryl methyl sites for hydroxylation is 1. The molecule has 1 aromatic carbocycles. The van der Waals surface area contributed by atoms with E-state index in [1.165, 1.54) is 12.1 Å². The third-order valence-electron chi connectivity index (χ3n) is 2.17. The summed E-state index contributed by atoms with van der Waals surface area (Å²) in [7, 11) is 0. The van der Waals surface area contributed by atoms with Crippen LogP contribution in [0.15, 0.2) is 34.7 Å². The lowest BCUT2D eigenvalue weighted by molar-refractivity contribution is 0.0702. The molecule has 1 heterocycles. The first-order valence-corrected chi connectivity index (χ1v) is 5.27. The standard InChI is InChI=1S/C12H10ClNO3/c1-7-6-8(2-3-9(7)13)16-12(15)10-4-5-11(14)17-10/h2-6H,14H2,1H3. The van der Waals surface area contributed by atoms with Gasteiger partial charge in [0.05, 0.1) is 0 Å². The minimum atomic E-state index is -0.594. The first kappa shape index (κ1) is 11.5. The number of benzene rings is 1. The van der Waals surface area contributed by atoms with Crippen molar-refractivity contribution < 1.29 is 13.9 Å². The van der Waals surface area contributed by atoms with Gasteiger partial charge in [-0.1, -0.05) is 11.6 Å². The second-order valence-corrected chi connectivity index (χ2v) is 3.91. The van der Waals surface area contributed by atoms with Crippen LogP contribution >= 0.6 is 11.6 Å². The molecule has 0 unspecified atom stereocenters. The lowest BCUT2D eigenvalue weighted by Gasteiger charge is -2.04. The Morgan fingerprint density at radius 1 is 1.35 bits per heavy atom. The van der Waals surface area contributed by atoms with Gasteiger partial charge in [-0.05, 0) is 36.8 Å². The minimum absolute atomic E-state index is 0.0649. The third-order valence-corrected chi connectivity index (χ3v) is 2.59. The van der Waals surface area contributed by atoms with Crippen LogP contribution in [0.1, 0.15) is 16.1 Å². The molecule has 0 atom stereocenters. The molecule has 4 nitrogen and oxygen atoms in total. The molecule has 0 aliphatic carbocycles. The summed E-state index contributed by atoms with van der Waals surface area (Å²) in [6.07, 6.45) is 0. The van der Waals surface area contributed by atoms with Gasteiger partial charge in [-0.3, -0.25) is 0 Å². The average molecular weight is 252 g/mol. The highest BCUT2D eigenvalue weighted by atomic mass is 35.5. The average Bonchev–Trinajstić information content (AvgIpc) is 2.70. The van der Waals surface area contributed by atoms with Gasteiger partial charge in [0.15, 0.2) is 5.88 Å². The first-order chi connectivity index (χ1) is 8.06. The van der Waals surface area contributed by atoms with E-state index in [0.29, 0.717) is 10.8 Å². The van der Waals surface area contributed by atoms with Gasteiger partial charge >= 0.3 is 5.97 Å². The van der Waals surface area contributed by atoms with Gasteiger partial charge in [0.25, 0.3) is 0 Å². The Bertz CT molecular complexity index is 563. The number of nitrogens with two attached hydrogens (primary N) is 1. The molecule has 0 saturated carbocycles. The summed E-state index contributed by atoms with van der Waals surface area (Å²) in [5, 5.41) is 0.618. The predicted molar refractivity (Wildman–Crippen MR) is 64.3 cm³/mol. The summed E-state index contributed by atoms with van der Waals surface area (Å²) in [5.74, 6) is 0.0506. The molecule has 0 aliphatic rings. The van der Waals surface area contributed by atoms with Crippen molar-refractivity contribution in [1.29, 1.82) is 0 Å². The molecule has 17 heavy (non-hydrogen) atoms. The van der Waals surface area contributed by atoms with Gasteiger partial charge in [0.2, 0.25) is 5.76 Å². The smallest absolute Gasteiger partial charge is 0.379 e. The maximum absolute atomic E-state index is 11.6. The van der Waals surface area contributed by atoms with Crippen LogP contribution in [0.5, 0.6) is 5.75 Å². The number of esters is 1. The Kier molecular flexibility index (Phi) is 3.06. The van der Waals surface area contributed by atoms with Crippen molar-refractivity contribution in [2.24, 2.45) is 0 Å². The van der Waals surface area contributed by atoms with Crippen molar-refractivity contribution in [2.45, 2.75) is 6.92 Å². The SMILES string of the molecule is Cc1cc(OC(=O)c2ccc(N)o2)ccc1Cl. The monoisotopic (exact) mass is 251 g/mol. The minimum Gasteiger partial charge on any atom is -0.434 e. The van der Waals surface area contributed by atoms with Crippen LogP contribution in [-0.2, 0) is 0 Å². The number of rotatable bonds is 2. The number of carbonyl (C=O) groups excluding carboxylic acids is 1. The zero-order valence-corrected chi connectivity index (χ0v) is 9.82. The quantitative estimate of drug-likeness (QED) is 0.658. The Morgan fingerprint density at radius 2 is 2.12 bits per heavy atom. The molecule has 2 N–H and O–H groups in total. The van der Waals surface area contributed by atoms with E-state index < -0.39 is 5.97 Å². The normalized spacial score (nSPS) is 10.2. The number of furan rings is 1. The number of nitrogen functional groups attached to an aromatic ring is 1. The van der Waals surface area contributed by atoms with E-state index in [1.807, 2.05) is 6.92 Å². The van der Waals surface area contributed by atoms with Gasteiger partial charge in [0, 0.05) is 11.1 Å². The maximum Gasteiger partial charge on any atom is 0.379 e. The molecule has 0 spiro atoms. The van der Waals surface area contributed by atoms with Gasteiger partial charge in [0.1, 0.15) is 5.75 Å². The van der Waals surface area contributed by atoms with Crippen molar-refractivity contribution >= 4 is 23.5 Å². The van der Waals surface area contributed by atoms with Crippen molar-refractivity contribution in [3.63, 3.8) is 0 Å². The topological polar surface area (TPSA) is 65.5 Å². The summed E-state index contributed by atoms with van der Waals surface area (Å²) in [4.78, 5) is 11.6. The molecule has 0 fully saturated rings. The van der Waals surface area contributed by atoms with Gasteiger partial charge in [-0.15, -0.1) is 0 Å². The molecule has 5 heteroatoms. The Hall–Kier alpha value is -1.94. The Balaban J connectivity index is 2.15. The van der Waals surface area contributed by atoms with E-state index in [2.05, 4.69) is 0 Å². The number of hydrogen-bond acceptors (Lipinski definition) is 4. The Labute approximate surface area is 103 Å². The van der Waals surface area contributed by atoms with Crippen molar-refractivity contribution in [2.75, 3.05) is 5.73 Å². The summed E-state index contributed by atoms with van der Waals surface area (Å²) in [6, 6.07) is 7.90. The summed E-state index contributed by atoms with van der Waals surface area (Å²) < 4.78 is 10.1. The fourth-order valence-electron chi connectivity index (χ4n) is 1.30. The largest absolute Gasteiger partial charge is 0.434 e. The van der Waals surface area contributed by atoms with E-state index in [1.54, 1.807) is 18.2 Å². The summed E-state index contributed by atoms with van der Waals surface area (Å²) >= 11 is 5.86. The van der Waals surface area contributed by atoms with Gasteiger partial charge < -0.3 is 14.9 Å². The van der Waals surface area contributed by atoms with Crippen LogP contribution < -0.4 is 10.5 Å². The second-order valence-electron chi connectivity index (χ2n) is 3.50. The zero-order chi connectivity index (χ0) is 12.4. The molecular formula is C12H10ClNO3. The summed E-state index contributed by atoms with van der Waals surface area (Å²) in [6.45, 7) is 1.82. The van der Waals surface area contributed by atoms with Crippen LogP contribution in [0.25, 0.3) is 0 Å². The van der Waals surface area contributed by atoms with Gasteiger partial charge in [-0.25, -0.2) is 4.79 Å². The lowest BCUT2D eigenvalue weighted by atomic mass is 10.2. The van der Waals surface area contributed by atoms with E-state index in [0.717, 1.165) is 5.56 Å². The number of hydrogen-bond donors (Lipinski definition) is 1. The number of carbonyl (C=O) groups is 1. The highest BCUT2D eigenvalue weighted by Crippen LogP contribution is 2.22. The summed E-state index contributed by atoms with van der Waals surface area (Å²) in [5.41, 5.74) is 6.19. The fourth-order valence-corrected chi connectivity index (χ4v) is 1.42. The third kappa shape index (κ3) is 2.60. The van der Waals surface area contributed by atoms with Crippen molar-refractivity contribution in [3.05, 3.63) is 46.7 Å². The van der Waals surface area contributed by atoms with Crippen LogP contribution in [0, 0.1) is 6.92 Å². The number of halogens is 1. The predicted octanol–water partition coefficient (Wildman–Crippen LogP) is 3.04. The zero-order valence-electron chi connectivity index (χ0n) is 9.07. The highest BCUT2D eigenvalue weighted by Gasteiger charge is 2.13. The van der Waals surface area contributed by atoms with Crippen molar-refractivity contribution in [3.8, 4) is 5.75 Å². The molecule has 0 amide bonds. The molecule has 0 bridgehead atoms. The number of ether oxygens (including phenoxy) is 1. The van der Waals surface area contributed by atoms with E-state index in [9.17, 15) is 4.79 Å². The molecule has 0 aliphatic heterocycles. The molecule has 88 valence electrons. The molecular weight excluding hydrogens is 242 g/mol. The fraction of sp³-hybridized carbons (Fsp3) is 0.0833. The van der Waals surface area contributed by atoms with Crippen LogP contribution in [0.2, 0.25) is 5.02 Å². The van der Waals surface area contributed by atoms with Crippen molar-refractivity contribution in [1.82, 2.24) is 0 Å². The molecule has 1 aromatic heterocycles. The van der Waals surface area contributed by atoms with Crippen LogP contribution in [0.4, 0.5) is 5.88 Å². The lowest BCUT2D eigenvalue weighted by Crippen LogP contribution is -2.07. The van der Waals surface area contributed by atoms with Gasteiger partial charge in [-0.2, -0.15) is 0 Å². The highest BCUT2D eigenvalue weighted by molar-refractivity contribution is 6.31. The number of anilines is 1. The first-order valence-electron chi connectivity index (χ1n) is 4.90. The van der Waals surface area contributed by atoms with E-state index in [4.69, 9.17) is 26.5 Å².